The molecule has 1 saturated heterocycles. The van der Waals surface area contributed by atoms with Crippen molar-refractivity contribution in [1.29, 1.82) is 0 Å². The number of nitrogens with one attached hydrogen (secondary N) is 1. The minimum Gasteiger partial charge on any atom is -0.496 e. The molecule has 2 amide bonds. The fourth-order valence-electron chi connectivity index (χ4n) is 2.97. The van der Waals surface area contributed by atoms with Crippen LogP contribution in [-0.4, -0.2) is 47.9 Å². The van der Waals surface area contributed by atoms with Crippen LogP contribution in [0.3, 0.4) is 0 Å². The molecular formula is C19H21N3O3. The number of hydrogen-bond donors (Lipinski definition) is 1. The number of aromatic nitrogens is 1. The number of likely N-dealkylation sites (tertiary alicyclic amines) is 1. The number of ether oxygens (including phenoxy) is 1. The van der Waals surface area contributed by atoms with Gasteiger partial charge >= 0.3 is 0 Å². The number of benzene rings is 1. The summed E-state index contributed by atoms with van der Waals surface area (Å²) >= 11 is 0. The zero-order valence-electron chi connectivity index (χ0n) is 14.1. The number of rotatable bonds is 4. The number of pyridine rings is 1. The molecule has 0 unspecified atom stereocenters. The number of amides is 2. The van der Waals surface area contributed by atoms with Crippen molar-refractivity contribution in [1.82, 2.24) is 15.2 Å². The molecule has 0 radical (unpaired) electrons. The maximum atomic E-state index is 12.7. The molecule has 0 aliphatic carbocycles. The average molecular weight is 339 g/mol. The lowest BCUT2D eigenvalue weighted by Gasteiger charge is -2.32. The van der Waals surface area contributed by atoms with Gasteiger partial charge in [0.1, 0.15) is 11.4 Å². The molecule has 1 aliphatic rings. The first-order chi connectivity index (χ1) is 12.2. The molecule has 1 aromatic heterocycles. The highest BCUT2D eigenvalue weighted by Crippen LogP contribution is 2.21. The maximum Gasteiger partial charge on any atom is 0.270 e. The van der Waals surface area contributed by atoms with Crippen molar-refractivity contribution < 1.29 is 14.3 Å². The zero-order valence-corrected chi connectivity index (χ0v) is 14.1. The number of nitrogens with zero attached hydrogens (tertiary/aromatic N) is 2. The van der Waals surface area contributed by atoms with Gasteiger partial charge in [0.2, 0.25) is 0 Å². The van der Waals surface area contributed by atoms with Crippen LogP contribution in [0.5, 0.6) is 5.75 Å². The van der Waals surface area contributed by atoms with Crippen molar-refractivity contribution in [3.05, 3.63) is 59.9 Å². The Balaban J connectivity index is 1.57. The lowest BCUT2D eigenvalue weighted by molar-refractivity contribution is 0.0694. The number of carbonyl (C=O) groups excluding carboxylic acids is 2. The van der Waals surface area contributed by atoms with Crippen molar-refractivity contribution in [2.45, 2.75) is 18.9 Å². The van der Waals surface area contributed by atoms with Crippen LogP contribution in [0.25, 0.3) is 0 Å². The first kappa shape index (κ1) is 17.0. The molecular weight excluding hydrogens is 318 g/mol. The number of hydrogen-bond acceptors (Lipinski definition) is 4. The van der Waals surface area contributed by atoms with E-state index in [1.165, 1.54) is 0 Å². The third kappa shape index (κ3) is 3.96. The molecule has 6 heteroatoms. The normalized spacial score (nSPS) is 14.8. The van der Waals surface area contributed by atoms with E-state index in [2.05, 4.69) is 10.3 Å². The SMILES string of the molecule is COc1ccccc1C(=O)N1CCC(NC(=O)c2ccccn2)CC1. The first-order valence-corrected chi connectivity index (χ1v) is 8.33. The Bertz CT molecular complexity index is 741. The van der Waals surface area contributed by atoms with E-state index >= 15 is 0 Å². The van der Waals surface area contributed by atoms with Crippen molar-refractivity contribution in [3.8, 4) is 5.75 Å². The fourth-order valence-corrected chi connectivity index (χ4v) is 2.97. The Morgan fingerprint density at radius 2 is 1.84 bits per heavy atom. The highest BCUT2D eigenvalue weighted by molar-refractivity contribution is 5.97. The van der Waals surface area contributed by atoms with E-state index in [1.54, 1.807) is 48.5 Å². The van der Waals surface area contributed by atoms with Crippen molar-refractivity contribution >= 4 is 11.8 Å². The second-order valence-corrected chi connectivity index (χ2v) is 5.96. The van der Waals surface area contributed by atoms with Crippen LogP contribution in [0.15, 0.2) is 48.7 Å². The van der Waals surface area contributed by atoms with Crippen molar-refractivity contribution in [2.75, 3.05) is 20.2 Å². The van der Waals surface area contributed by atoms with Crippen LogP contribution in [0.2, 0.25) is 0 Å². The first-order valence-electron chi connectivity index (χ1n) is 8.33. The van der Waals surface area contributed by atoms with Gasteiger partial charge in [-0.15, -0.1) is 0 Å². The maximum absolute atomic E-state index is 12.7. The molecule has 0 saturated carbocycles. The van der Waals surface area contributed by atoms with Gasteiger partial charge in [0.25, 0.3) is 11.8 Å². The van der Waals surface area contributed by atoms with Crippen LogP contribution in [0.1, 0.15) is 33.7 Å². The average Bonchev–Trinajstić information content (AvgIpc) is 2.68. The molecule has 2 heterocycles. The Morgan fingerprint density at radius 3 is 2.52 bits per heavy atom. The van der Waals surface area contributed by atoms with Gasteiger partial charge in [-0.3, -0.25) is 14.6 Å². The lowest BCUT2D eigenvalue weighted by Crippen LogP contribution is -2.46. The molecule has 25 heavy (non-hydrogen) atoms. The van der Waals surface area contributed by atoms with E-state index in [0.29, 0.717) is 30.1 Å². The summed E-state index contributed by atoms with van der Waals surface area (Å²) in [5.41, 5.74) is 0.982. The van der Waals surface area contributed by atoms with E-state index in [4.69, 9.17) is 4.74 Å². The number of methoxy groups -OCH3 is 1. The molecule has 0 bridgehead atoms. The van der Waals surface area contributed by atoms with Gasteiger partial charge in [0, 0.05) is 25.3 Å². The minimum absolute atomic E-state index is 0.0352. The molecule has 1 N–H and O–H groups in total. The summed E-state index contributed by atoms with van der Waals surface area (Å²) in [5, 5.41) is 2.99. The van der Waals surface area contributed by atoms with Gasteiger partial charge in [-0.1, -0.05) is 18.2 Å². The third-order valence-electron chi connectivity index (χ3n) is 4.35. The summed E-state index contributed by atoms with van der Waals surface area (Å²) in [5.74, 6) is 0.375. The molecule has 0 spiro atoms. The predicted molar refractivity (Wildman–Crippen MR) is 93.6 cm³/mol. The summed E-state index contributed by atoms with van der Waals surface area (Å²) < 4.78 is 5.27. The van der Waals surface area contributed by atoms with Crippen molar-refractivity contribution in [2.24, 2.45) is 0 Å². The van der Waals surface area contributed by atoms with E-state index in [-0.39, 0.29) is 17.9 Å². The number of piperidine rings is 1. The number of carbonyl (C=O) groups is 2. The second kappa shape index (κ2) is 7.79. The Labute approximate surface area is 146 Å². The van der Waals surface area contributed by atoms with E-state index in [1.807, 2.05) is 12.1 Å². The lowest BCUT2D eigenvalue weighted by atomic mass is 10.0. The molecule has 1 aliphatic heterocycles. The van der Waals surface area contributed by atoms with Gasteiger partial charge in [-0.05, 0) is 37.1 Å². The highest BCUT2D eigenvalue weighted by Gasteiger charge is 2.26. The second-order valence-electron chi connectivity index (χ2n) is 5.96. The van der Waals surface area contributed by atoms with Crippen LogP contribution in [0.4, 0.5) is 0 Å². The molecule has 0 atom stereocenters. The molecule has 1 fully saturated rings. The minimum atomic E-state index is -0.171. The van der Waals surface area contributed by atoms with Crippen LogP contribution in [0, 0.1) is 0 Å². The summed E-state index contributed by atoms with van der Waals surface area (Å²) in [6.45, 7) is 1.20. The van der Waals surface area contributed by atoms with Crippen LogP contribution >= 0.6 is 0 Å². The Morgan fingerprint density at radius 1 is 1.12 bits per heavy atom. The van der Waals surface area contributed by atoms with E-state index < -0.39 is 0 Å². The Kier molecular flexibility index (Phi) is 5.28. The molecule has 130 valence electrons. The summed E-state index contributed by atoms with van der Waals surface area (Å²) in [7, 11) is 1.56. The van der Waals surface area contributed by atoms with E-state index in [0.717, 1.165) is 12.8 Å². The van der Waals surface area contributed by atoms with Gasteiger partial charge in [-0.2, -0.15) is 0 Å². The molecule has 2 aromatic rings. The van der Waals surface area contributed by atoms with Crippen LogP contribution in [-0.2, 0) is 0 Å². The van der Waals surface area contributed by atoms with Gasteiger partial charge < -0.3 is 15.0 Å². The van der Waals surface area contributed by atoms with Gasteiger partial charge in [-0.25, -0.2) is 0 Å². The predicted octanol–water partition coefficient (Wildman–Crippen LogP) is 2.12. The quantitative estimate of drug-likeness (QED) is 0.926. The molecule has 6 nitrogen and oxygen atoms in total. The van der Waals surface area contributed by atoms with Crippen LogP contribution < -0.4 is 10.1 Å². The van der Waals surface area contributed by atoms with Gasteiger partial charge in [0.15, 0.2) is 0 Å². The standard InChI is InChI=1S/C19H21N3O3/c1-25-17-8-3-2-6-15(17)19(24)22-12-9-14(10-13-22)21-18(23)16-7-4-5-11-20-16/h2-8,11,14H,9-10,12-13H2,1H3,(H,21,23). The summed E-state index contributed by atoms with van der Waals surface area (Å²) in [4.78, 5) is 30.7. The molecule has 3 rings (SSSR count). The number of para-hydroxylation sites is 1. The smallest absolute Gasteiger partial charge is 0.270 e. The monoisotopic (exact) mass is 339 g/mol. The summed E-state index contributed by atoms with van der Waals surface area (Å²) in [6, 6.07) is 12.5. The fraction of sp³-hybridized carbons (Fsp3) is 0.316. The largest absolute Gasteiger partial charge is 0.496 e. The zero-order chi connectivity index (χ0) is 17.6. The van der Waals surface area contributed by atoms with E-state index in [9.17, 15) is 9.59 Å². The topological polar surface area (TPSA) is 71.5 Å². The molecule has 1 aromatic carbocycles. The third-order valence-corrected chi connectivity index (χ3v) is 4.35. The van der Waals surface area contributed by atoms with Crippen molar-refractivity contribution in [3.63, 3.8) is 0 Å². The Hall–Kier alpha value is -2.89. The summed E-state index contributed by atoms with van der Waals surface area (Å²) in [6.07, 6.45) is 3.04. The van der Waals surface area contributed by atoms with Gasteiger partial charge in [0.05, 0.1) is 12.7 Å². The highest BCUT2D eigenvalue weighted by atomic mass is 16.5.